The molecule has 4 nitrogen and oxygen atoms in total. The van der Waals surface area contributed by atoms with Gasteiger partial charge >= 0.3 is 0 Å². The molecule has 0 aliphatic carbocycles. The molecular formula is C15H18N2O2. The Morgan fingerprint density at radius 2 is 1.79 bits per heavy atom. The van der Waals surface area contributed by atoms with Crippen LogP contribution in [-0.2, 0) is 26.9 Å². The van der Waals surface area contributed by atoms with Crippen LogP contribution in [0, 0.1) is 0 Å². The SMILES string of the molecule is Cn1cccc(CCCc2cccc(=O)n2C)c1=O. The fourth-order valence-electron chi connectivity index (χ4n) is 2.16. The molecule has 0 spiro atoms. The first-order chi connectivity index (χ1) is 9.09. The Morgan fingerprint density at radius 3 is 2.58 bits per heavy atom. The van der Waals surface area contributed by atoms with Gasteiger partial charge in [-0.15, -0.1) is 0 Å². The van der Waals surface area contributed by atoms with Crippen LogP contribution in [-0.4, -0.2) is 9.13 Å². The van der Waals surface area contributed by atoms with Crippen molar-refractivity contribution in [2.75, 3.05) is 0 Å². The van der Waals surface area contributed by atoms with Gasteiger partial charge in [0.05, 0.1) is 0 Å². The van der Waals surface area contributed by atoms with Crippen molar-refractivity contribution in [2.45, 2.75) is 19.3 Å². The van der Waals surface area contributed by atoms with Crippen LogP contribution in [0.5, 0.6) is 0 Å². The third-order valence-electron chi connectivity index (χ3n) is 3.37. The van der Waals surface area contributed by atoms with Crippen molar-refractivity contribution in [1.82, 2.24) is 9.13 Å². The maximum atomic E-state index is 11.8. The predicted molar refractivity (Wildman–Crippen MR) is 75.4 cm³/mol. The molecule has 2 aromatic heterocycles. The number of nitrogens with zero attached hydrogens (tertiary/aromatic N) is 2. The van der Waals surface area contributed by atoms with E-state index in [-0.39, 0.29) is 11.1 Å². The summed E-state index contributed by atoms with van der Waals surface area (Å²) < 4.78 is 3.25. The quantitative estimate of drug-likeness (QED) is 0.828. The summed E-state index contributed by atoms with van der Waals surface area (Å²) in [5, 5.41) is 0. The second kappa shape index (κ2) is 5.69. The van der Waals surface area contributed by atoms with Gasteiger partial charge in [-0.05, 0) is 31.4 Å². The molecule has 2 aromatic rings. The summed E-state index contributed by atoms with van der Waals surface area (Å²) in [4.78, 5) is 23.3. The van der Waals surface area contributed by atoms with Gasteiger partial charge < -0.3 is 9.13 Å². The fourth-order valence-corrected chi connectivity index (χ4v) is 2.16. The molecule has 4 heteroatoms. The van der Waals surface area contributed by atoms with Crippen molar-refractivity contribution in [3.05, 3.63) is 68.5 Å². The van der Waals surface area contributed by atoms with Crippen molar-refractivity contribution in [1.29, 1.82) is 0 Å². The van der Waals surface area contributed by atoms with Crippen LogP contribution in [0.4, 0.5) is 0 Å². The molecule has 0 aliphatic rings. The minimum absolute atomic E-state index is 0.00752. The van der Waals surface area contributed by atoms with Crippen LogP contribution in [0.2, 0.25) is 0 Å². The number of hydrogen-bond acceptors (Lipinski definition) is 2. The van der Waals surface area contributed by atoms with Crippen molar-refractivity contribution >= 4 is 0 Å². The zero-order valence-corrected chi connectivity index (χ0v) is 11.3. The van der Waals surface area contributed by atoms with Crippen LogP contribution in [0.15, 0.2) is 46.1 Å². The van der Waals surface area contributed by atoms with Gasteiger partial charge in [0.25, 0.3) is 5.56 Å². The molecule has 0 saturated heterocycles. The molecule has 0 bridgehead atoms. The Hall–Kier alpha value is -2.10. The summed E-state index contributed by atoms with van der Waals surface area (Å²) in [7, 11) is 3.53. The molecule has 0 amide bonds. The first kappa shape index (κ1) is 13.3. The van der Waals surface area contributed by atoms with Gasteiger partial charge in [0.15, 0.2) is 0 Å². The first-order valence-corrected chi connectivity index (χ1v) is 6.39. The zero-order valence-electron chi connectivity index (χ0n) is 11.3. The molecule has 0 N–H and O–H groups in total. The van der Waals surface area contributed by atoms with E-state index in [9.17, 15) is 9.59 Å². The lowest BCUT2D eigenvalue weighted by atomic mass is 10.1. The van der Waals surface area contributed by atoms with Gasteiger partial charge in [-0.1, -0.05) is 12.1 Å². The molecule has 0 saturated carbocycles. The van der Waals surface area contributed by atoms with Gasteiger partial charge in [-0.25, -0.2) is 0 Å². The van der Waals surface area contributed by atoms with E-state index in [0.29, 0.717) is 0 Å². The lowest BCUT2D eigenvalue weighted by molar-refractivity contribution is 0.710. The molecule has 0 fully saturated rings. The standard InChI is InChI=1S/C15H18N2O2/c1-16-11-5-7-12(15(16)19)6-3-8-13-9-4-10-14(18)17(13)2/h4-5,7,9-11H,3,6,8H2,1-2H3. The molecule has 19 heavy (non-hydrogen) atoms. The van der Waals surface area contributed by atoms with Gasteiger partial charge in [-0.3, -0.25) is 9.59 Å². The highest BCUT2D eigenvalue weighted by Crippen LogP contribution is 2.03. The van der Waals surface area contributed by atoms with E-state index >= 15 is 0 Å². The van der Waals surface area contributed by atoms with E-state index in [4.69, 9.17) is 0 Å². The lowest BCUT2D eigenvalue weighted by Crippen LogP contribution is -2.21. The fraction of sp³-hybridized carbons (Fsp3) is 0.333. The average molecular weight is 258 g/mol. The zero-order chi connectivity index (χ0) is 13.8. The first-order valence-electron chi connectivity index (χ1n) is 6.39. The largest absolute Gasteiger partial charge is 0.318 e. The molecule has 0 aliphatic heterocycles. The summed E-state index contributed by atoms with van der Waals surface area (Å²) in [5.74, 6) is 0. The highest BCUT2D eigenvalue weighted by Gasteiger charge is 2.03. The maximum absolute atomic E-state index is 11.8. The number of pyridine rings is 2. The summed E-state index contributed by atoms with van der Waals surface area (Å²) in [6.45, 7) is 0. The summed E-state index contributed by atoms with van der Waals surface area (Å²) in [6.07, 6.45) is 4.14. The third-order valence-corrected chi connectivity index (χ3v) is 3.37. The van der Waals surface area contributed by atoms with Gasteiger partial charge in [0, 0.05) is 37.6 Å². The molecular weight excluding hydrogens is 240 g/mol. The van der Waals surface area contributed by atoms with Crippen molar-refractivity contribution < 1.29 is 0 Å². The minimum Gasteiger partial charge on any atom is -0.318 e. The topological polar surface area (TPSA) is 44.0 Å². The van der Waals surface area contributed by atoms with Gasteiger partial charge in [-0.2, -0.15) is 0 Å². The molecule has 0 aromatic carbocycles. The Balaban J connectivity index is 2.05. The van der Waals surface area contributed by atoms with E-state index < -0.39 is 0 Å². The van der Waals surface area contributed by atoms with Crippen LogP contribution in [0.3, 0.4) is 0 Å². The molecule has 0 radical (unpaired) electrons. The Morgan fingerprint density at radius 1 is 1.00 bits per heavy atom. The summed E-state index contributed by atoms with van der Waals surface area (Å²) in [6, 6.07) is 9.03. The number of aryl methyl sites for hydroxylation is 3. The second-order valence-electron chi connectivity index (χ2n) is 4.72. The number of rotatable bonds is 4. The molecule has 0 unspecified atom stereocenters. The van der Waals surface area contributed by atoms with E-state index in [0.717, 1.165) is 30.5 Å². The van der Waals surface area contributed by atoms with Crippen LogP contribution in [0.1, 0.15) is 17.7 Å². The van der Waals surface area contributed by atoms with E-state index in [1.54, 1.807) is 41.6 Å². The van der Waals surface area contributed by atoms with Crippen LogP contribution in [0.25, 0.3) is 0 Å². The molecule has 100 valence electrons. The highest BCUT2D eigenvalue weighted by molar-refractivity contribution is 5.11. The molecule has 2 rings (SSSR count). The Labute approximate surface area is 111 Å². The van der Waals surface area contributed by atoms with Crippen LogP contribution < -0.4 is 11.1 Å². The van der Waals surface area contributed by atoms with Crippen molar-refractivity contribution in [3.63, 3.8) is 0 Å². The predicted octanol–water partition coefficient (Wildman–Crippen LogP) is 1.26. The van der Waals surface area contributed by atoms with Crippen molar-refractivity contribution in [3.8, 4) is 0 Å². The monoisotopic (exact) mass is 258 g/mol. The Bertz CT molecular complexity index is 683. The van der Waals surface area contributed by atoms with E-state index in [1.165, 1.54) is 0 Å². The normalized spacial score (nSPS) is 10.6. The molecule has 2 heterocycles. The van der Waals surface area contributed by atoms with Gasteiger partial charge in [0.2, 0.25) is 5.56 Å². The Kier molecular flexibility index (Phi) is 4.00. The van der Waals surface area contributed by atoms with E-state index in [1.807, 2.05) is 18.2 Å². The highest BCUT2D eigenvalue weighted by atomic mass is 16.1. The number of hydrogen-bond donors (Lipinski definition) is 0. The second-order valence-corrected chi connectivity index (χ2v) is 4.72. The minimum atomic E-state index is 0.00752. The maximum Gasteiger partial charge on any atom is 0.253 e. The smallest absolute Gasteiger partial charge is 0.253 e. The average Bonchev–Trinajstić information content (AvgIpc) is 2.39. The van der Waals surface area contributed by atoms with Crippen molar-refractivity contribution in [2.24, 2.45) is 14.1 Å². The number of aromatic nitrogens is 2. The summed E-state index contributed by atoms with van der Waals surface area (Å²) >= 11 is 0. The molecule has 0 atom stereocenters. The van der Waals surface area contributed by atoms with Gasteiger partial charge in [0.1, 0.15) is 0 Å². The summed E-state index contributed by atoms with van der Waals surface area (Å²) in [5.41, 5.74) is 1.89. The van der Waals surface area contributed by atoms with Crippen LogP contribution >= 0.6 is 0 Å². The third kappa shape index (κ3) is 3.02. The lowest BCUT2D eigenvalue weighted by Gasteiger charge is -2.07. The van der Waals surface area contributed by atoms with E-state index in [2.05, 4.69) is 0 Å².